The molecule has 0 saturated carbocycles. The Morgan fingerprint density at radius 3 is 2.57 bits per heavy atom. The number of rotatable bonds is 9. The minimum atomic E-state index is -1.71. The smallest absolute Gasteiger partial charge is 0.488 e. The standard InChI is InChI=1S/C34H33BClNO7/c1-43-18-23-15-27-32(34(40)37(33(27)39)25-9-5-8-24(16-25)35(41)42)28-19-44-30(31(23)28)13-11-21(20-6-3-2-4-7-20)14-22-10-12-26(38)17-29(22)36/h2-10,12,14,16-17,27-28,30,32,38,41-42H,11,13,15,18-19H2,1H3/b21-14-/t27-,28+,30-,32-/m1/s1. The first-order valence-corrected chi connectivity index (χ1v) is 15.1. The Kier molecular flexibility index (Phi) is 8.76. The number of nitrogens with zero attached hydrogens (tertiary/aromatic N) is 1. The van der Waals surface area contributed by atoms with E-state index in [0.29, 0.717) is 43.2 Å². The maximum atomic E-state index is 13.9. The van der Waals surface area contributed by atoms with Crippen molar-refractivity contribution in [2.45, 2.75) is 25.4 Å². The van der Waals surface area contributed by atoms with Crippen molar-refractivity contribution < 1.29 is 34.2 Å². The van der Waals surface area contributed by atoms with Gasteiger partial charge in [-0.05, 0) is 89.0 Å². The minimum Gasteiger partial charge on any atom is -0.508 e. The molecule has 10 heteroatoms. The summed E-state index contributed by atoms with van der Waals surface area (Å²) in [7, 11) is -0.0907. The van der Waals surface area contributed by atoms with Crippen LogP contribution in [0.15, 0.2) is 83.9 Å². The van der Waals surface area contributed by atoms with Crippen molar-refractivity contribution in [2.75, 3.05) is 25.2 Å². The number of allylic oxidation sites excluding steroid dienone is 1. The third-order valence-corrected chi connectivity index (χ3v) is 9.21. The van der Waals surface area contributed by atoms with Crippen molar-refractivity contribution in [3.05, 3.63) is 100 Å². The van der Waals surface area contributed by atoms with Crippen LogP contribution in [-0.2, 0) is 19.1 Å². The van der Waals surface area contributed by atoms with Crippen LogP contribution >= 0.6 is 11.6 Å². The number of aromatic hydroxyl groups is 1. The van der Waals surface area contributed by atoms with E-state index in [9.17, 15) is 24.7 Å². The summed E-state index contributed by atoms with van der Waals surface area (Å²) < 4.78 is 12.0. The van der Waals surface area contributed by atoms with Crippen LogP contribution < -0.4 is 10.4 Å². The fourth-order valence-electron chi connectivity index (χ4n) is 6.92. The lowest BCUT2D eigenvalue weighted by molar-refractivity contribution is -0.122. The van der Waals surface area contributed by atoms with Crippen LogP contribution in [0.1, 0.15) is 30.4 Å². The van der Waals surface area contributed by atoms with Gasteiger partial charge in [-0.25, -0.2) is 0 Å². The summed E-state index contributed by atoms with van der Waals surface area (Å²) in [5, 5.41) is 29.6. The first-order valence-electron chi connectivity index (χ1n) is 14.7. The Labute approximate surface area is 261 Å². The van der Waals surface area contributed by atoms with Gasteiger partial charge in [-0.3, -0.25) is 14.5 Å². The van der Waals surface area contributed by atoms with Gasteiger partial charge in [0, 0.05) is 13.0 Å². The van der Waals surface area contributed by atoms with E-state index < -0.39 is 19.0 Å². The van der Waals surface area contributed by atoms with Crippen LogP contribution in [0.25, 0.3) is 11.6 Å². The number of fused-ring (bicyclic) bond motifs is 3. The number of carbonyl (C=O) groups excluding carboxylic acids is 2. The lowest BCUT2D eigenvalue weighted by atomic mass is 9.69. The fraction of sp³-hybridized carbons (Fsp3) is 0.294. The van der Waals surface area contributed by atoms with Crippen molar-refractivity contribution >= 4 is 53.3 Å². The Bertz CT molecular complexity index is 1640. The topological polar surface area (TPSA) is 117 Å². The zero-order valence-corrected chi connectivity index (χ0v) is 25.0. The number of ether oxygens (including phenoxy) is 2. The molecule has 226 valence electrons. The molecule has 3 aliphatic rings. The van der Waals surface area contributed by atoms with Gasteiger partial charge in [0.2, 0.25) is 11.8 Å². The molecule has 6 rings (SSSR count). The predicted molar refractivity (Wildman–Crippen MR) is 169 cm³/mol. The number of benzene rings is 3. The fourth-order valence-corrected chi connectivity index (χ4v) is 7.15. The van der Waals surface area contributed by atoms with Crippen LogP contribution in [0.3, 0.4) is 0 Å². The van der Waals surface area contributed by atoms with Crippen molar-refractivity contribution in [3.63, 3.8) is 0 Å². The molecule has 44 heavy (non-hydrogen) atoms. The third-order valence-electron chi connectivity index (χ3n) is 8.89. The number of amides is 2. The maximum Gasteiger partial charge on any atom is 0.488 e. The van der Waals surface area contributed by atoms with Crippen LogP contribution in [-0.4, -0.2) is 60.5 Å². The van der Waals surface area contributed by atoms with Gasteiger partial charge < -0.3 is 24.6 Å². The Morgan fingerprint density at radius 1 is 1.05 bits per heavy atom. The summed E-state index contributed by atoms with van der Waals surface area (Å²) in [6.45, 7) is 0.665. The normalized spacial score (nSPS) is 23.3. The Balaban J connectivity index is 1.28. The molecule has 0 unspecified atom stereocenters. The van der Waals surface area contributed by atoms with Gasteiger partial charge in [0.1, 0.15) is 5.75 Å². The molecule has 3 aromatic rings. The van der Waals surface area contributed by atoms with Crippen LogP contribution in [0.4, 0.5) is 5.69 Å². The monoisotopic (exact) mass is 613 g/mol. The second-order valence-corrected chi connectivity index (χ2v) is 11.9. The van der Waals surface area contributed by atoms with Gasteiger partial charge in [-0.15, -0.1) is 0 Å². The molecule has 2 fully saturated rings. The van der Waals surface area contributed by atoms with E-state index in [0.717, 1.165) is 27.8 Å². The number of carbonyl (C=O) groups is 2. The van der Waals surface area contributed by atoms with Crippen molar-refractivity contribution in [1.82, 2.24) is 0 Å². The van der Waals surface area contributed by atoms with E-state index in [1.807, 2.05) is 36.4 Å². The summed E-state index contributed by atoms with van der Waals surface area (Å²) in [5.74, 6) is -1.84. The SMILES string of the molecule is COCC1=C2[C@@H](CC/C(=C/c3ccc(O)cc3Cl)c3ccccc3)OC[C@@H]2[C@@H]2C(=O)N(c3cccc(B(O)O)c3)C(=O)[C@@H]2C1. The molecular formula is C34H33BClNO7. The second kappa shape index (κ2) is 12.7. The van der Waals surface area contributed by atoms with E-state index in [-0.39, 0.29) is 35.0 Å². The number of phenolic OH excluding ortho intramolecular Hbond substituents is 1. The molecule has 3 aromatic carbocycles. The molecule has 2 aliphatic heterocycles. The highest BCUT2D eigenvalue weighted by molar-refractivity contribution is 6.58. The highest BCUT2D eigenvalue weighted by atomic mass is 35.5. The average molecular weight is 614 g/mol. The van der Waals surface area contributed by atoms with E-state index in [1.165, 1.54) is 23.1 Å². The summed E-state index contributed by atoms with van der Waals surface area (Å²) in [6, 6.07) is 21.2. The van der Waals surface area contributed by atoms with Gasteiger partial charge in [0.25, 0.3) is 0 Å². The number of hydrogen-bond donors (Lipinski definition) is 3. The highest BCUT2D eigenvalue weighted by Gasteiger charge is 2.57. The lowest BCUT2D eigenvalue weighted by Crippen LogP contribution is -2.36. The first-order chi connectivity index (χ1) is 21.3. The minimum absolute atomic E-state index is 0.101. The van der Waals surface area contributed by atoms with Gasteiger partial charge in [0.15, 0.2) is 0 Å². The van der Waals surface area contributed by atoms with Gasteiger partial charge in [0.05, 0.1) is 41.9 Å². The number of hydrogen-bond acceptors (Lipinski definition) is 7. The van der Waals surface area contributed by atoms with E-state index in [1.54, 1.807) is 31.4 Å². The lowest BCUT2D eigenvalue weighted by Gasteiger charge is -2.31. The van der Waals surface area contributed by atoms with E-state index >= 15 is 0 Å². The highest BCUT2D eigenvalue weighted by Crippen LogP contribution is 2.50. The summed E-state index contributed by atoms with van der Waals surface area (Å²) in [4.78, 5) is 28.8. The Hall–Kier alpha value is -3.73. The third kappa shape index (κ3) is 5.74. The van der Waals surface area contributed by atoms with E-state index in [4.69, 9.17) is 21.1 Å². The second-order valence-electron chi connectivity index (χ2n) is 11.5. The molecule has 8 nitrogen and oxygen atoms in total. The zero-order valence-electron chi connectivity index (χ0n) is 24.2. The van der Waals surface area contributed by atoms with E-state index in [2.05, 4.69) is 0 Å². The molecule has 1 aliphatic carbocycles. The molecule has 4 atom stereocenters. The molecule has 2 saturated heterocycles. The number of phenols is 1. The quantitative estimate of drug-likeness (QED) is 0.143. The van der Waals surface area contributed by atoms with Crippen LogP contribution in [0.2, 0.25) is 5.02 Å². The largest absolute Gasteiger partial charge is 0.508 e. The van der Waals surface area contributed by atoms with Crippen molar-refractivity contribution in [1.29, 1.82) is 0 Å². The zero-order chi connectivity index (χ0) is 31.0. The number of imide groups is 1. The van der Waals surface area contributed by atoms with Crippen molar-refractivity contribution in [3.8, 4) is 5.75 Å². The number of halogens is 1. The summed E-state index contributed by atoms with van der Waals surface area (Å²) in [6.07, 6.45) is 3.48. The molecule has 2 heterocycles. The number of methoxy groups -OCH3 is 1. The molecule has 0 aromatic heterocycles. The van der Waals surface area contributed by atoms with Gasteiger partial charge in [-0.2, -0.15) is 0 Å². The van der Waals surface area contributed by atoms with Crippen LogP contribution in [0, 0.1) is 17.8 Å². The molecular weight excluding hydrogens is 581 g/mol. The molecule has 0 spiro atoms. The predicted octanol–water partition coefficient (Wildman–Crippen LogP) is 4.21. The number of anilines is 1. The molecule has 0 radical (unpaired) electrons. The van der Waals surface area contributed by atoms with Gasteiger partial charge in [-0.1, -0.05) is 54.1 Å². The molecule has 0 bridgehead atoms. The maximum absolute atomic E-state index is 13.9. The molecule has 2 amide bonds. The van der Waals surface area contributed by atoms with Crippen LogP contribution in [0.5, 0.6) is 5.75 Å². The first kappa shape index (κ1) is 30.3. The Morgan fingerprint density at radius 2 is 1.84 bits per heavy atom. The molecule has 3 N–H and O–H groups in total. The average Bonchev–Trinajstić information content (AvgIpc) is 3.55. The van der Waals surface area contributed by atoms with Crippen molar-refractivity contribution in [2.24, 2.45) is 17.8 Å². The summed E-state index contributed by atoms with van der Waals surface area (Å²) in [5.41, 5.74) is 5.47. The van der Waals surface area contributed by atoms with Gasteiger partial charge >= 0.3 is 7.12 Å². The summed E-state index contributed by atoms with van der Waals surface area (Å²) >= 11 is 6.45.